The third-order valence-corrected chi connectivity index (χ3v) is 2.68. The Kier molecular flexibility index (Phi) is 2.15. The number of fused-ring (bicyclic) bond motifs is 1. The molecule has 2 N–H and O–H groups in total. The molecule has 0 unspecified atom stereocenters. The number of carbonyl (C=O) groups is 1. The fourth-order valence-corrected chi connectivity index (χ4v) is 1.86. The van der Waals surface area contributed by atoms with Crippen LogP contribution in [-0.4, -0.2) is 32.6 Å². The molecule has 2 aromatic rings. The fourth-order valence-electron chi connectivity index (χ4n) is 1.86. The van der Waals surface area contributed by atoms with Gasteiger partial charge in [-0.15, -0.1) is 5.10 Å². The molecule has 0 fully saturated rings. The van der Waals surface area contributed by atoms with Gasteiger partial charge in [-0.1, -0.05) is 35.5 Å². The first-order valence-corrected chi connectivity index (χ1v) is 5.24. The van der Waals surface area contributed by atoms with Gasteiger partial charge in [0.1, 0.15) is 5.69 Å². The lowest BCUT2D eigenvalue weighted by Gasteiger charge is -2.19. The van der Waals surface area contributed by atoms with E-state index in [1.807, 2.05) is 30.3 Å². The van der Waals surface area contributed by atoms with Crippen LogP contribution in [0.2, 0.25) is 0 Å². The maximum atomic E-state index is 11.8. The van der Waals surface area contributed by atoms with E-state index in [1.54, 1.807) is 0 Å². The standard InChI is InChI=1S/C11H10N4O2/c16-8-6-12-11(17)10-9(13-14-15(8)10)7-4-2-1-3-5-7/h1-5,8,16H,6H2,(H,12,17)/t8-/m0/s1. The molecule has 1 aromatic heterocycles. The van der Waals surface area contributed by atoms with Gasteiger partial charge in [0.05, 0.1) is 6.54 Å². The van der Waals surface area contributed by atoms with Crippen molar-refractivity contribution >= 4 is 5.91 Å². The van der Waals surface area contributed by atoms with Crippen molar-refractivity contribution in [2.24, 2.45) is 0 Å². The van der Waals surface area contributed by atoms with Gasteiger partial charge in [-0.25, -0.2) is 4.68 Å². The number of aromatic nitrogens is 3. The Morgan fingerprint density at radius 3 is 2.88 bits per heavy atom. The van der Waals surface area contributed by atoms with Gasteiger partial charge in [0, 0.05) is 5.56 Å². The minimum atomic E-state index is -0.854. The third kappa shape index (κ3) is 1.50. The highest BCUT2D eigenvalue weighted by molar-refractivity contribution is 5.98. The molecule has 1 aliphatic rings. The summed E-state index contributed by atoms with van der Waals surface area (Å²) in [5, 5.41) is 20.1. The van der Waals surface area contributed by atoms with E-state index in [0.29, 0.717) is 11.4 Å². The normalized spacial score (nSPS) is 18.6. The van der Waals surface area contributed by atoms with Gasteiger partial charge in [0.25, 0.3) is 5.91 Å². The van der Waals surface area contributed by atoms with Crippen molar-refractivity contribution in [1.82, 2.24) is 20.3 Å². The molecule has 17 heavy (non-hydrogen) atoms. The number of carbonyl (C=O) groups excluding carboxylic acids is 1. The first-order valence-electron chi connectivity index (χ1n) is 5.24. The highest BCUT2D eigenvalue weighted by Gasteiger charge is 2.29. The highest BCUT2D eigenvalue weighted by Crippen LogP contribution is 2.24. The number of benzene rings is 1. The van der Waals surface area contributed by atoms with Crippen LogP contribution in [-0.2, 0) is 0 Å². The van der Waals surface area contributed by atoms with Gasteiger partial charge >= 0.3 is 0 Å². The molecule has 6 nitrogen and oxygen atoms in total. The second kappa shape index (κ2) is 3.67. The van der Waals surface area contributed by atoms with Crippen LogP contribution in [0.25, 0.3) is 11.3 Å². The molecule has 1 atom stereocenters. The van der Waals surface area contributed by atoms with Gasteiger partial charge < -0.3 is 10.4 Å². The number of nitrogens with one attached hydrogen (secondary N) is 1. The molecular weight excluding hydrogens is 220 g/mol. The summed E-state index contributed by atoms with van der Waals surface area (Å²) in [4.78, 5) is 11.8. The number of aliphatic hydroxyl groups excluding tert-OH is 1. The third-order valence-electron chi connectivity index (χ3n) is 2.68. The minimum Gasteiger partial charge on any atom is -0.370 e. The summed E-state index contributed by atoms with van der Waals surface area (Å²) in [6, 6.07) is 9.29. The first kappa shape index (κ1) is 9.98. The van der Waals surface area contributed by atoms with Crippen LogP contribution in [0.4, 0.5) is 0 Å². The van der Waals surface area contributed by atoms with Crippen LogP contribution < -0.4 is 5.32 Å². The average molecular weight is 230 g/mol. The average Bonchev–Trinajstić information content (AvgIpc) is 2.81. The van der Waals surface area contributed by atoms with E-state index in [-0.39, 0.29) is 12.5 Å². The van der Waals surface area contributed by atoms with Crippen molar-refractivity contribution in [2.75, 3.05) is 6.54 Å². The Morgan fingerprint density at radius 1 is 1.35 bits per heavy atom. The van der Waals surface area contributed by atoms with Crippen molar-refractivity contribution in [3.05, 3.63) is 36.0 Å². The van der Waals surface area contributed by atoms with Crippen LogP contribution in [0.5, 0.6) is 0 Å². The summed E-state index contributed by atoms with van der Waals surface area (Å²) >= 11 is 0. The van der Waals surface area contributed by atoms with E-state index in [1.165, 1.54) is 4.68 Å². The largest absolute Gasteiger partial charge is 0.370 e. The van der Waals surface area contributed by atoms with Crippen molar-refractivity contribution in [3.63, 3.8) is 0 Å². The molecule has 0 radical (unpaired) electrons. The minimum absolute atomic E-state index is 0.156. The second-order valence-electron chi connectivity index (χ2n) is 3.79. The molecule has 1 aromatic carbocycles. The van der Waals surface area contributed by atoms with E-state index in [2.05, 4.69) is 15.6 Å². The summed E-state index contributed by atoms with van der Waals surface area (Å²) in [6.45, 7) is 0.156. The van der Waals surface area contributed by atoms with Gasteiger partial charge in [-0.05, 0) is 0 Å². The molecule has 0 bridgehead atoms. The smallest absolute Gasteiger partial charge is 0.272 e. The topological polar surface area (TPSA) is 80.0 Å². The van der Waals surface area contributed by atoms with Gasteiger partial charge in [-0.2, -0.15) is 0 Å². The lowest BCUT2D eigenvalue weighted by Crippen LogP contribution is -2.39. The number of aliphatic hydroxyl groups is 1. The number of hydrogen-bond donors (Lipinski definition) is 2. The number of rotatable bonds is 1. The van der Waals surface area contributed by atoms with E-state index in [9.17, 15) is 9.90 Å². The SMILES string of the molecule is O=C1NC[C@H](O)n2nnc(-c3ccccc3)c21. The van der Waals surface area contributed by atoms with Crippen LogP contribution in [0, 0.1) is 0 Å². The molecule has 0 aliphatic carbocycles. The van der Waals surface area contributed by atoms with Crippen molar-refractivity contribution < 1.29 is 9.90 Å². The lowest BCUT2D eigenvalue weighted by molar-refractivity contribution is 0.0584. The highest BCUT2D eigenvalue weighted by atomic mass is 16.3. The Bertz CT molecular complexity index is 564. The Balaban J connectivity index is 2.17. The summed E-state index contributed by atoms with van der Waals surface area (Å²) in [5.41, 5.74) is 1.59. The maximum absolute atomic E-state index is 11.8. The lowest BCUT2D eigenvalue weighted by atomic mass is 10.1. The van der Waals surface area contributed by atoms with Gasteiger partial charge in [0.15, 0.2) is 11.9 Å². The Labute approximate surface area is 96.9 Å². The van der Waals surface area contributed by atoms with E-state index in [0.717, 1.165) is 5.56 Å². The van der Waals surface area contributed by atoms with Crippen molar-refractivity contribution in [3.8, 4) is 11.3 Å². The molecule has 6 heteroatoms. The van der Waals surface area contributed by atoms with Crippen molar-refractivity contribution in [1.29, 1.82) is 0 Å². The summed E-state index contributed by atoms with van der Waals surface area (Å²) in [7, 11) is 0. The molecule has 0 saturated heterocycles. The molecule has 3 rings (SSSR count). The first-order chi connectivity index (χ1) is 8.27. The van der Waals surface area contributed by atoms with Crippen LogP contribution in [0.3, 0.4) is 0 Å². The predicted molar refractivity (Wildman–Crippen MR) is 59.0 cm³/mol. The van der Waals surface area contributed by atoms with Crippen LogP contribution >= 0.6 is 0 Å². The number of amides is 1. The summed E-state index contributed by atoms with van der Waals surface area (Å²) in [6.07, 6.45) is -0.854. The van der Waals surface area contributed by atoms with E-state index >= 15 is 0 Å². The Hall–Kier alpha value is -2.21. The van der Waals surface area contributed by atoms with Crippen LogP contribution in [0.15, 0.2) is 30.3 Å². The van der Waals surface area contributed by atoms with E-state index < -0.39 is 6.23 Å². The summed E-state index contributed by atoms with van der Waals surface area (Å²) in [5.74, 6) is -0.265. The number of hydrogen-bond acceptors (Lipinski definition) is 4. The van der Waals surface area contributed by atoms with Gasteiger partial charge in [0.2, 0.25) is 0 Å². The Morgan fingerprint density at radius 2 is 2.12 bits per heavy atom. The molecule has 1 amide bonds. The quantitative estimate of drug-likeness (QED) is 0.732. The van der Waals surface area contributed by atoms with E-state index in [4.69, 9.17) is 0 Å². The maximum Gasteiger partial charge on any atom is 0.272 e. The van der Waals surface area contributed by atoms with Crippen LogP contribution in [0.1, 0.15) is 16.7 Å². The molecule has 2 heterocycles. The molecule has 0 spiro atoms. The predicted octanol–water partition coefficient (Wildman–Crippen LogP) is 0.179. The zero-order valence-electron chi connectivity index (χ0n) is 8.87. The molecular formula is C11H10N4O2. The van der Waals surface area contributed by atoms with Gasteiger partial charge in [-0.3, -0.25) is 4.79 Å². The fraction of sp³-hybridized carbons (Fsp3) is 0.182. The summed E-state index contributed by atoms with van der Waals surface area (Å²) < 4.78 is 1.25. The monoisotopic (exact) mass is 230 g/mol. The number of β-amino-alcohol motifs (C(OH)–C–C–N with tert-alkyl or cyclic N) is 1. The zero-order chi connectivity index (χ0) is 11.8. The molecule has 86 valence electrons. The molecule has 0 saturated carbocycles. The van der Waals surface area contributed by atoms with Crippen molar-refractivity contribution in [2.45, 2.75) is 6.23 Å². The second-order valence-corrected chi connectivity index (χ2v) is 3.79. The molecule has 1 aliphatic heterocycles. The number of nitrogens with zero attached hydrogens (tertiary/aromatic N) is 3. The zero-order valence-corrected chi connectivity index (χ0v) is 8.87.